The van der Waals surface area contributed by atoms with Crippen molar-refractivity contribution in [2.24, 2.45) is 12.0 Å². The van der Waals surface area contributed by atoms with E-state index in [4.69, 9.17) is 0 Å². The van der Waals surface area contributed by atoms with Crippen LogP contribution in [0.3, 0.4) is 0 Å². The second-order valence-electron chi connectivity index (χ2n) is 5.35. The molecule has 1 heterocycles. The number of aliphatic imine (C=N–C) groups is 1. The molecule has 8 heteroatoms. The molecule has 1 aromatic rings. The van der Waals surface area contributed by atoms with Gasteiger partial charge in [-0.2, -0.15) is 16.9 Å². The van der Waals surface area contributed by atoms with Gasteiger partial charge in [0, 0.05) is 45.2 Å². The molecule has 23 heavy (non-hydrogen) atoms. The van der Waals surface area contributed by atoms with Crippen molar-refractivity contribution in [2.45, 2.75) is 19.9 Å². The van der Waals surface area contributed by atoms with Gasteiger partial charge in [-0.05, 0) is 12.7 Å². The van der Waals surface area contributed by atoms with E-state index in [1.54, 1.807) is 30.8 Å². The third kappa shape index (κ3) is 6.94. The summed E-state index contributed by atoms with van der Waals surface area (Å²) < 4.78 is 1.81. The first-order valence-corrected chi connectivity index (χ1v) is 9.10. The molecule has 1 rings (SSSR count). The van der Waals surface area contributed by atoms with E-state index in [2.05, 4.69) is 33.9 Å². The normalized spacial score (nSPS) is 11.4. The van der Waals surface area contributed by atoms with Gasteiger partial charge in [0.2, 0.25) is 5.91 Å². The van der Waals surface area contributed by atoms with E-state index in [9.17, 15) is 4.79 Å². The molecule has 0 fully saturated rings. The van der Waals surface area contributed by atoms with E-state index in [1.807, 2.05) is 17.9 Å². The zero-order valence-electron chi connectivity index (χ0n) is 14.7. The molecule has 7 nitrogen and oxygen atoms in total. The van der Waals surface area contributed by atoms with Crippen LogP contribution in [0.4, 0.5) is 0 Å². The van der Waals surface area contributed by atoms with Crippen LogP contribution in [0.2, 0.25) is 0 Å². The maximum Gasteiger partial charge on any atom is 0.241 e. The average Bonchev–Trinajstić information content (AvgIpc) is 2.89. The number of carbonyl (C=O) groups is 1. The van der Waals surface area contributed by atoms with Crippen LogP contribution in [0.1, 0.15) is 18.2 Å². The molecular formula is C15H28N6OS. The van der Waals surface area contributed by atoms with Crippen LogP contribution in [0.25, 0.3) is 0 Å². The van der Waals surface area contributed by atoms with E-state index >= 15 is 0 Å². The lowest BCUT2D eigenvalue weighted by atomic mass is 10.2. The minimum atomic E-state index is 0.0139. The fraction of sp³-hybridized carbons (Fsp3) is 0.667. The third-order valence-corrected chi connectivity index (χ3v) is 3.85. The molecule has 130 valence electrons. The second kappa shape index (κ2) is 10.1. The Morgan fingerprint density at radius 2 is 2.17 bits per heavy atom. The average molecular weight is 340 g/mol. The largest absolute Gasteiger partial charge is 0.356 e. The van der Waals surface area contributed by atoms with Crippen LogP contribution in [0.15, 0.2) is 11.2 Å². The quantitative estimate of drug-likeness (QED) is 0.409. The van der Waals surface area contributed by atoms with E-state index in [0.717, 1.165) is 30.0 Å². The van der Waals surface area contributed by atoms with Crippen LogP contribution >= 0.6 is 11.8 Å². The first-order valence-electron chi connectivity index (χ1n) is 7.70. The van der Waals surface area contributed by atoms with Crippen molar-refractivity contribution in [1.82, 2.24) is 25.3 Å². The minimum absolute atomic E-state index is 0.0139. The van der Waals surface area contributed by atoms with Crippen molar-refractivity contribution in [2.75, 3.05) is 39.2 Å². The summed E-state index contributed by atoms with van der Waals surface area (Å²) >= 11 is 1.76. The SMILES string of the molecule is CCc1nn(C)cc1CN=C(NCCSC)NCC(=O)N(C)C. The Bertz CT molecular complexity index is 526. The minimum Gasteiger partial charge on any atom is -0.356 e. The van der Waals surface area contributed by atoms with Crippen LogP contribution in [-0.2, 0) is 24.8 Å². The molecule has 0 atom stereocenters. The molecule has 0 saturated carbocycles. The van der Waals surface area contributed by atoms with Gasteiger partial charge in [0.1, 0.15) is 0 Å². The number of rotatable bonds is 8. The summed E-state index contributed by atoms with van der Waals surface area (Å²) in [5.74, 6) is 1.65. The highest BCUT2D eigenvalue weighted by Gasteiger charge is 2.08. The summed E-state index contributed by atoms with van der Waals surface area (Å²) in [5, 5.41) is 10.8. The Balaban J connectivity index is 2.70. The summed E-state index contributed by atoms with van der Waals surface area (Å²) in [4.78, 5) is 17.9. The number of guanidine groups is 1. The molecule has 1 aromatic heterocycles. The predicted octanol–water partition coefficient (Wildman–Crippen LogP) is 0.469. The van der Waals surface area contributed by atoms with Gasteiger partial charge in [-0.25, -0.2) is 4.99 Å². The molecule has 0 aliphatic heterocycles. The summed E-state index contributed by atoms with van der Waals surface area (Å²) in [5.41, 5.74) is 2.17. The number of thioether (sulfide) groups is 1. The van der Waals surface area contributed by atoms with Crippen LogP contribution in [-0.4, -0.2) is 65.7 Å². The first kappa shape index (κ1) is 19.3. The molecule has 0 bridgehead atoms. The van der Waals surface area contributed by atoms with E-state index in [1.165, 1.54) is 0 Å². The van der Waals surface area contributed by atoms with Crippen molar-refractivity contribution < 1.29 is 4.79 Å². The highest BCUT2D eigenvalue weighted by Crippen LogP contribution is 2.08. The number of hydrogen-bond acceptors (Lipinski definition) is 4. The number of carbonyl (C=O) groups excluding carboxylic acids is 1. The Morgan fingerprint density at radius 1 is 1.43 bits per heavy atom. The number of hydrogen-bond donors (Lipinski definition) is 2. The summed E-state index contributed by atoms with van der Waals surface area (Å²) in [6.45, 7) is 3.66. The number of aromatic nitrogens is 2. The Labute approximate surface area is 142 Å². The first-order chi connectivity index (χ1) is 11.0. The second-order valence-corrected chi connectivity index (χ2v) is 6.34. The Hall–Kier alpha value is -1.70. The molecule has 0 aromatic carbocycles. The summed E-state index contributed by atoms with van der Waals surface area (Å²) in [6.07, 6.45) is 4.94. The molecule has 0 spiro atoms. The number of aryl methyl sites for hydroxylation is 2. The van der Waals surface area contributed by atoms with Crippen LogP contribution in [0, 0.1) is 0 Å². The zero-order chi connectivity index (χ0) is 17.2. The van der Waals surface area contributed by atoms with Crippen molar-refractivity contribution in [3.05, 3.63) is 17.5 Å². The van der Waals surface area contributed by atoms with Gasteiger partial charge in [0.15, 0.2) is 5.96 Å². The highest BCUT2D eigenvalue weighted by molar-refractivity contribution is 7.98. The Morgan fingerprint density at radius 3 is 2.78 bits per heavy atom. The lowest BCUT2D eigenvalue weighted by Crippen LogP contribution is -2.43. The van der Waals surface area contributed by atoms with Gasteiger partial charge in [0.05, 0.1) is 18.8 Å². The lowest BCUT2D eigenvalue weighted by molar-refractivity contribution is -0.127. The van der Waals surface area contributed by atoms with E-state index < -0.39 is 0 Å². The van der Waals surface area contributed by atoms with Gasteiger partial charge in [-0.15, -0.1) is 0 Å². The van der Waals surface area contributed by atoms with Crippen molar-refractivity contribution in [3.63, 3.8) is 0 Å². The van der Waals surface area contributed by atoms with Crippen LogP contribution in [0.5, 0.6) is 0 Å². The van der Waals surface area contributed by atoms with Crippen molar-refractivity contribution >= 4 is 23.6 Å². The maximum absolute atomic E-state index is 11.7. The number of amides is 1. The fourth-order valence-electron chi connectivity index (χ4n) is 1.94. The van der Waals surface area contributed by atoms with Crippen molar-refractivity contribution in [1.29, 1.82) is 0 Å². The van der Waals surface area contributed by atoms with E-state index in [-0.39, 0.29) is 12.5 Å². The van der Waals surface area contributed by atoms with Gasteiger partial charge in [-0.3, -0.25) is 9.48 Å². The van der Waals surface area contributed by atoms with Crippen LogP contribution < -0.4 is 10.6 Å². The lowest BCUT2D eigenvalue weighted by Gasteiger charge is -2.14. The number of likely N-dealkylation sites (N-methyl/N-ethyl adjacent to an activating group) is 1. The monoisotopic (exact) mass is 340 g/mol. The van der Waals surface area contributed by atoms with Gasteiger partial charge in [-0.1, -0.05) is 6.92 Å². The zero-order valence-corrected chi connectivity index (χ0v) is 15.5. The third-order valence-electron chi connectivity index (χ3n) is 3.24. The molecule has 0 saturated heterocycles. The fourth-order valence-corrected chi connectivity index (χ4v) is 2.25. The molecule has 0 radical (unpaired) electrons. The highest BCUT2D eigenvalue weighted by atomic mass is 32.2. The van der Waals surface area contributed by atoms with Gasteiger partial charge < -0.3 is 15.5 Å². The molecule has 1 amide bonds. The standard InChI is InChI=1S/C15H28N6OS/c1-6-13-12(11-21(4)19-13)9-17-15(16-7-8-23-5)18-10-14(22)20(2)3/h11H,6-10H2,1-5H3,(H2,16,17,18). The van der Waals surface area contributed by atoms with Crippen molar-refractivity contribution in [3.8, 4) is 0 Å². The maximum atomic E-state index is 11.7. The van der Waals surface area contributed by atoms with Gasteiger partial charge >= 0.3 is 0 Å². The van der Waals surface area contributed by atoms with Gasteiger partial charge in [0.25, 0.3) is 0 Å². The smallest absolute Gasteiger partial charge is 0.241 e. The number of nitrogens with zero attached hydrogens (tertiary/aromatic N) is 4. The van der Waals surface area contributed by atoms with E-state index in [0.29, 0.717) is 12.5 Å². The summed E-state index contributed by atoms with van der Waals surface area (Å²) in [7, 11) is 5.40. The number of nitrogens with one attached hydrogen (secondary N) is 2. The molecule has 0 aliphatic rings. The summed E-state index contributed by atoms with van der Waals surface area (Å²) in [6, 6.07) is 0. The molecule has 0 aliphatic carbocycles. The molecule has 2 N–H and O–H groups in total. The topological polar surface area (TPSA) is 74.5 Å². The Kier molecular flexibility index (Phi) is 8.53. The predicted molar refractivity (Wildman–Crippen MR) is 96.8 cm³/mol. The molecular weight excluding hydrogens is 312 g/mol. The molecule has 0 unspecified atom stereocenters.